The van der Waals surface area contributed by atoms with Crippen LogP contribution in [0.4, 0.5) is 5.82 Å². The number of amides is 1. The number of nitrogens with one attached hydrogen (secondary N) is 1. The predicted octanol–water partition coefficient (Wildman–Crippen LogP) is 1.12. The molecule has 1 N–H and O–H groups in total. The van der Waals surface area contributed by atoms with E-state index in [4.69, 9.17) is 0 Å². The minimum Gasteiger partial charge on any atom is -0.355 e. The van der Waals surface area contributed by atoms with Gasteiger partial charge in [-0.2, -0.15) is 10.4 Å². The van der Waals surface area contributed by atoms with Crippen LogP contribution in [0.1, 0.15) is 44.0 Å². The molecule has 1 saturated heterocycles. The van der Waals surface area contributed by atoms with E-state index >= 15 is 0 Å². The van der Waals surface area contributed by atoms with E-state index in [0.29, 0.717) is 24.5 Å². The Morgan fingerprint density at radius 1 is 1.16 bits per heavy atom. The molecular formula is C18H28N6O. The van der Waals surface area contributed by atoms with E-state index in [1.807, 2.05) is 13.8 Å². The second kappa shape index (κ2) is 9.33. The van der Waals surface area contributed by atoms with E-state index in [1.165, 1.54) is 0 Å². The maximum absolute atomic E-state index is 11.8. The highest BCUT2D eigenvalue weighted by molar-refractivity contribution is 5.77. The Bertz CT molecular complexity index is 639. The molecule has 0 atom stereocenters. The number of anilines is 1. The van der Waals surface area contributed by atoms with Gasteiger partial charge in [0.2, 0.25) is 5.91 Å². The van der Waals surface area contributed by atoms with E-state index < -0.39 is 0 Å². The molecule has 7 nitrogen and oxygen atoms in total. The number of carbonyl (C=O) groups excluding carboxylic acids is 1. The highest BCUT2D eigenvalue weighted by Crippen LogP contribution is 2.24. The zero-order valence-electron chi connectivity index (χ0n) is 15.5. The first-order chi connectivity index (χ1) is 12.1. The molecule has 2 heterocycles. The zero-order valence-corrected chi connectivity index (χ0v) is 15.5. The fourth-order valence-corrected chi connectivity index (χ4v) is 3.30. The molecule has 1 aromatic heterocycles. The van der Waals surface area contributed by atoms with Crippen LogP contribution >= 0.6 is 0 Å². The molecule has 0 spiro atoms. The minimum atomic E-state index is 0.0639. The SMILES string of the molecule is CCNC(=O)CN1CCCN(c2nnc(CC)c(CC)c2C#N)CC1. The Labute approximate surface area is 150 Å². The summed E-state index contributed by atoms with van der Waals surface area (Å²) in [5.74, 6) is 0.755. The first kappa shape index (κ1) is 19.1. The monoisotopic (exact) mass is 344 g/mol. The summed E-state index contributed by atoms with van der Waals surface area (Å²) in [5.41, 5.74) is 2.58. The largest absolute Gasteiger partial charge is 0.355 e. The fraction of sp³-hybridized carbons (Fsp3) is 0.667. The molecule has 1 aliphatic heterocycles. The predicted molar refractivity (Wildman–Crippen MR) is 97.5 cm³/mol. The van der Waals surface area contributed by atoms with Crippen LogP contribution in [0.3, 0.4) is 0 Å². The summed E-state index contributed by atoms with van der Waals surface area (Å²) in [6.45, 7) is 10.3. The van der Waals surface area contributed by atoms with Gasteiger partial charge in [0, 0.05) is 32.7 Å². The first-order valence-electron chi connectivity index (χ1n) is 9.17. The van der Waals surface area contributed by atoms with Crippen LogP contribution in [-0.2, 0) is 17.6 Å². The van der Waals surface area contributed by atoms with Gasteiger partial charge in [0.25, 0.3) is 0 Å². The van der Waals surface area contributed by atoms with Crippen molar-refractivity contribution in [3.8, 4) is 6.07 Å². The fourth-order valence-electron chi connectivity index (χ4n) is 3.30. The zero-order chi connectivity index (χ0) is 18.2. The summed E-state index contributed by atoms with van der Waals surface area (Å²) in [4.78, 5) is 16.1. The molecule has 0 radical (unpaired) electrons. The van der Waals surface area contributed by atoms with Gasteiger partial charge in [-0.25, -0.2) is 0 Å². The van der Waals surface area contributed by atoms with Gasteiger partial charge in [-0.15, -0.1) is 5.10 Å². The van der Waals surface area contributed by atoms with E-state index in [2.05, 4.69) is 38.3 Å². The lowest BCUT2D eigenvalue weighted by Crippen LogP contribution is -2.39. The third-order valence-corrected chi connectivity index (χ3v) is 4.57. The number of nitriles is 1. The van der Waals surface area contributed by atoms with Gasteiger partial charge >= 0.3 is 0 Å². The maximum atomic E-state index is 11.8. The third-order valence-electron chi connectivity index (χ3n) is 4.57. The third kappa shape index (κ3) is 4.67. The lowest BCUT2D eigenvalue weighted by atomic mass is 10.0. The van der Waals surface area contributed by atoms with Crippen molar-refractivity contribution >= 4 is 11.7 Å². The van der Waals surface area contributed by atoms with Crippen LogP contribution < -0.4 is 10.2 Å². The lowest BCUT2D eigenvalue weighted by molar-refractivity contribution is -0.122. The van der Waals surface area contributed by atoms with Crippen molar-refractivity contribution < 1.29 is 4.79 Å². The van der Waals surface area contributed by atoms with Crippen LogP contribution in [0.15, 0.2) is 0 Å². The van der Waals surface area contributed by atoms with Crippen molar-refractivity contribution in [2.45, 2.75) is 40.0 Å². The number of hydrogen-bond donors (Lipinski definition) is 1. The number of aromatic nitrogens is 2. The molecule has 1 aliphatic rings. The summed E-state index contributed by atoms with van der Waals surface area (Å²) < 4.78 is 0. The topological polar surface area (TPSA) is 85.2 Å². The molecule has 25 heavy (non-hydrogen) atoms. The molecule has 0 unspecified atom stereocenters. The lowest BCUT2D eigenvalue weighted by Gasteiger charge is -2.24. The van der Waals surface area contributed by atoms with E-state index in [9.17, 15) is 10.1 Å². The number of carbonyl (C=O) groups is 1. The number of aryl methyl sites for hydroxylation is 1. The van der Waals surface area contributed by atoms with E-state index in [0.717, 1.165) is 56.7 Å². The van der Waals surface area contributed by atoms with Crippen molar-refractivity contribution in [1.29, 1.82) is 5.26 Å². The number of likely N-dealkylation sites (N-methyl/N-ethyl adjacent to an activating group) is 1. The molecule has 136 valence electrons. The first-order valence-corrected chi connectivity index (χ1v) is 9.17. The summed E-state index contributed by atoms with van der Waals surface area (Å²) in [6, 6.07) is 2.35. The molecule has 1 amide bonds. The Hall–Kier alpha value is -2.20. The number of hydrogen-bond acceptors (Lipinski definition) is 6. The van der Waals surface area contributed by atoms with Crippen molar-refractivity contribution in [3.63, 3.8) is 0 Å². The van der Waals surface area contributed by atoms with Crippen LogP contribution in [0.2, 0.25) is 0 Å². The normalized spacial score (nSPS) is 15.5. The van der Waals surface area contributed by atoms with Crippen molar-refractivity contribution in [2.24, 2.45) is 0 Å². The summed E-state index contributed by atoms with van der Waals surface area (Å²) in [5, 5.41) is 21.2. The molecule has 0 bridgehead atoms. The average Bonchev–Trinajstić information content (AvgIpc) is 2.85. The van der Waals surface area contributed by atoms with Crippen LogP contribution in [0.5, 0.6) is 0 Å². The summed E-state index contributed by atoms with van der Waals surface area (Å²) >= 11 is 0. The Kier molecular flexibility index (Phi) is 7.14. The second-order valence-corrected chi connectivity index (χ2v) is 6.21. The van der Waals surface area contributed by atoms with Gasteiger partial charge in [-0.1, -0.05) is 13.8 Å². The van der Waals surface area contributed by atoms with E-state index in [1.54, 1.807) is 0 Å². The Morgan fingerprint density at radius 2 is 1.96 bits per heavy atom. The van der Waals surface area contributed by atoms with Gasteiger partial charge in [0.15, 0.2) is 5.82 Å². The van der Waals surface area contributed by atoms with Gasteiger partial charge in [-0.05, 0) is 31.7 Å². The quantitative estimate of drug-likeness (QED) is 0.832. The van der Waals surface area contributed by atoms with Crippen LogP contribution in [-0.4, -0.2) is 60.3 Å². The van der Waals surface area contributed by atoms with Gasteiger partial charge in [0.05, 0.1) is 12.2 Å². The van der Waals surface area contributed by atoms with Gasteiger partial charge < -0.3 is 10.2 Å². The molecule has 0 aromatic carbocycles. The Balaban J connectivity index is 2.15. The molecule has 1 fully saturated rings. The maximum Gasteiger partial charge on any atom is 0.234 e. The van der Waals surface area contributed by atoms with Crippen molar-refractivity contribution in [2.75, 3.05) is 44.2 Å². The number of nitrogens with zero attached hydrogens (tertiary/aromatic N) is 5. The molecule has 7 heteroatoms. The van der Waals surface area contributed by atoms with Gasteiger partial charge in [-0.3, -0.25) is 9.69 Å². The molecule has 0 aliphatic carbocycles. The standard InChI is InChI=1S/C18H28N6O/c1-4-14-15(12-19)18(22-21-16(14)5-2)24-9-7-8-23(10-11-24)13-17(25)20-6-3/h4-11,13H2,1-3H3,(H,20,25). The summed E-state index contributed by atoms with van der Waals surface area (Å²) in [6.07, 6.45) is 2.50. The van der Waals surface area contributed by atoms with E-state index in [-0.39, 0.29) is 5.91 Å². The van der Waals surface area contributed by atoms with Crippen LogP contribution in [0, 0.1) is 11.3 Å². The van der Waals surface area contributed by atoms with Crippen molar-refractivity contribution in [3.05, 3.63) is 16.8 Å². The average molecular weight is 344 g/mol. The van der Waals surface area contributed by atoms with Crippen molar-refractivity contribution in [1.82, 2.24) is 20.4 Å². The smallest absolute Gasteiger partial charge is 0.234 e. The molecule has 1 aromatic rings. The highest BCUT2D eigenvalue weighted by Gasteiger charge is 2.22. The number of rotatable bonds is 6. The van der Waals surface area contributed by atoms with Crippen LogP contribution in [0.25, 0.3) is 0 Å². The summed E-state index contributed by atoms with van der Waals surface area (Å²) in [7, 11) is 0. The Morgan fingerprint density at radius 3 is 2.60 bits per heavy atom. The van der Waals surface area contributed by atoms with Gasteiger partial charge in [0.1, 0.15) is 11.6 Å². The minimum absolute atomic E-state index is 0.0639. The molecular weight excluding hydrogens is 316 g/mol. The second-order valence-electron chi connectivity index (χ2n) is 6.21. The highest BCUT2D eigenvalue weighted by atomic mass is 16.2. The molecule has 0 saturated carbocycles. The molecule has 2 rings (SSSR count).